The summed E-state index contributed by atoms with van der Waals surface area (Å²) in [6.07, 6.45) is -6.00. The lowest BCUT2D eigenvalue weighted by molar-refractivity contribution is -0.137. The lowest BCUT2D eigenvalue weighted by Crippen LogP contribution is -2.38. The molecule has 0 aliphatic carbocycles. The molecule has 1 aromatic rings. The van der Waals surface area contributed by atoms with Crippen LogP contribution in [0.25, 0.3) is 0 Å². The van der Waals surface area contributed by atoms with E-state index in [4.69, 9.17) is 16.7 Å². The van der Waals surface area contributed by atoms with E-state index < -0.39 is 41.5 Å². The summed E-state index contributed by atoms with van der Waals surface area (Å²) in [5.74, 6) is -0.753. The molecule has 116 valence electrons. The number of rotatable bonds is 2. The van der Waals surface area contributed by atoms with Crippen LogP contribution in [0, 0.1) is 0 Å². The van der Waals surface area contributed by atoms with Crippen molar-refractivity contribution in [3.63, 3.8) is 0 Å². The summed E-state index contributed by atoms with van der Waals surface area (Å²) in [7, 11) is 0. The largest absolute Gasteiger partial charge is 0.417 e. The van der Waals surface area contributed by atoms with E-state index in [0.717, 1.165) is 17.0 Å². The molecule has 0 radical (unpaired) electrons. The summed E-state index contributed by atoms with van der Waals surface area (Å²) in [6.45, 7) is -0.681. The third kappa shape index (κ3) is 3.29. The minimum atomic E-state index is -4.68. The van der Waals surface area contributed by atoms with Crippen LogP contribution in [-0.2, 0) is 6.18 Å². The molecule has 2 rings (SSSR count). The average Bonchev–Trinajstić information content (AvgIpc) is 2.78. The van der Waals surface area contributed by atoms with E-state index in [1.807, 2.05) is 0 Å². The van der Waals surface area contributed by atoms with Gasteiger partial charge in [0.2, 0.25) is 0 Å². The van der Waals surface area contributed by atoms with Crippen LogP contribution >= 0.6 is 11.6 Å². The van der Waals surface area contributed by atoms with Crippen molar-refractivity contribution in [3.8, 4) is 0 Å². The van der Waals surface area contributed by atoms with Crippen molar-refractivity contribution in [1.82, 2.24) is 4.90 Å². The zero-order valence-corrected chi connectivity index (χ0v) is 11.5. The van der Waals surface area contributed by atoms with E-state index in [2.05, 4.69) is 0 Å². The first-order chi connectivity index (χ1) is 9.74. The van der Waals surface area contributed by atoms with Gasteiger partial charge in [0.05, 0.1) is 29.8 Å². The minimum Gasteiger partial charge on any atom is -0.394 e. The predicted octanol–water partition coefficient (Wildman–Crippen LogP) is 2.90. The van der Waals surface area contributed by atoms with Crippen LogP contribution in [0.5, 0.6) is 0 Å². The Balaban J connectivity index is 2.32. The van der Waals surface area contributed by atoms with Gasteiger partial charge in [-0.1, -0.05) is 11.6 Å². The maximum absolute atomic E-state index is 13.3. The summed E-state index contributed by atoms with van der Waals surface area (Å²) < 4.78 is 51.6. The van der Waals surface area contributed by atoms with Crippen LogP contribution in [0.2, 0.25) is 5.02 Å². The van der Waals surface area contributed by atoms with Crippen molar-refractivity contribution >= 4 is 17.5 Å². The van der Waals surface area contributed by atoms with Crippen LogP contribution in [0.15, 0.2) is 18.2 Å². The number of halogens is 5. The quantitative estimate of drug-likeness (QED) is 0.849. The molecule has 0 bridgehead atoms. The Morgan fingerprint density at radius 1 is 1.43 bits per heavy atom. The maximum Gasteiger partial charge on any atom is 0.417 e. The molecule has 0 aromatic heterocycles. The Bertz CT molecular complexity index is 549. The molecule has 8 heteroatoms. The molecule has 1 N–H and O–H groups in total. The lowest BCUT2D eigenvalue weighted by atomic mass is 10.1. The fourth-order valence-electron chi connectivity index (χ4n) is 2.32. The van der Waals surface area contributed by atoms with Gasteiger partial charge in [-0.15, -0.1) is 0 Å². The summed E-state index contributed by atoms with van der Waals surface area (Å²) in [5.41, 5.74) is -1.36. The number of benzene rings is 1. The first kappa shape index (κ1) is 16.0. The molecular formula is C13H12ClF4NO2. The normalized spacial score (nSPS) is 22.7. The number of likely N-dealkylation sites (tertiary alicyclic amines) is 1. The second-order valence-electron chi connectivity index (χ2n) is 4.82. The van der Waals surface area contributed by atoms with Gasteiger partial charge in [0, 0.05) is 12.0 Å². The monoisotopic (exact) mass is 325 g/mol. The molecule has 0 spiro atoms. The van der Waals surface area contributed by atoms with Gasteiger partial charge in [0.15, 0.2) is 0 Å². The molecule has 1 aliphatic rings. The summed E-state index contributed by atoms with van der Waals surface area (Å²) >= 11 is 5.48. The van der Waals surface area contributed by atoms with Crippen LogP contribution in [0.4, 0.5) is 17.6 Å². The van der Waals surface area contributed by atoms with Gasteiger partial charge in [-0.05, 0) is 18.2 Å². The number of aliphatic hydroxyl groups excluding tert-OH is 1. The van der Waals surface area contributed by atoms with Crippen molar-refractivity contribution in [3.05, 3.63) is 34.3 Å². The number of amides is 1. The molecule has 21 heavy (non-hydrogen) atoms. The van der Waals surface area contributed by atoms with Crippen molar-refractivity contribution in [2.75, 3.05) is 13.2 Å². The fraction of sp³-hybridized carbons (Fsp3) is 0.462. The highest BCUT2D eigenvalue weighted by molar-refractivity contribution is 6.31. The van der Waals surface area contributed by atoms with E-state index in [1.165, 1.54) is 0 Å². The van der Waals surface area contributed by atoms with Gasteiger partial charge in [-0.3, -0.25) is 4.79 Å². The van der Waals surface area contributed by atoms with Gasteiger partial charge in [0.1, 0.15) is 6.17 Å². The predicted molar refractivity (Wildman–Crippen MR) is 67.9 cm³/mol. The minimum absolute atomic E-state index is 0.0258. The molecule has 1 aliphatic heterocycles. The number of carbonyl (C=O) groups is 1. The van der Waals surface area contributed by atoms with Crippen molar-refractivity contribution in [2.24, 2.45) is 0 Å². The Kier molecular flexibility index (Phi) is 4.43. The first-order valence-electron chi connectivity index (χ1n) is 6.16. The topological polar surface area (TPSA) is 40.5 Å². The average molecular weight is 326 g/mol. The number of carbonyl (C=O) groups excluding carboxylic acids is 1. The Morgan fingerprint density at radius 3 is 2.67 bits per heavy atom. The number of aliphatic hydroxyl groups is 1. The van der Waals surface area contributed by atoms with Gasteiger partial charge in [0.25, 0.3) is 5.91 Å². The molecule has 1 saturated heterocycles. The fourth-order valence-corrected chi connectivity index (χ4v) is 2.55. The zero-order chi connectivity index (χ0) is 15.8. The smallest absolute Gasteiger partial charge is 0.394 e. The molecule has 1 aromatic carbocycles. The van der Waals surface area contributed by atoms with Crippen LogP contribution in [-0.4, -0.2) is 41.3 Å². The van der Waals surface area contributed by atoms with Gasteiger partial charge in [-0.2, -0.15) is 13.2 Å². The highest BCUT2D eigenvalue weighted by Gasteiger charge is 2.37. The summed E-state index contributed by atoms with van der Waals surface area (Å²) in [6, 6.07) is 2.05. The van der Waals surface area contributed by atoms with Crippen LogP contribution < -0.4 is 0 Å². The Hall–Kier alpha value is -1.34. The summed E-state index contributed by atoms with van der Waals surface area (Å²) in [4.78, 5) is 13.2. The second kappa shape index (κ2) is 5.81. The molecule has 1 amide bonds. The van der Waals surface area contributed by atoms with Crippen LogP contribution in [0.3, 0.4) is 0 Å². The highest BCUT2D eigenvalue weighted by Crippen LogP contribution is 2.35. The number of hydrogen-bond acceptors (Lipinski definition) is 2. The molecule has 2 atom stereocenters. The third-order valence-electron chi connectivity index (χ3n) is 3.35. The summed E-state index contributed by atoms with van der Waals surface area (Å²) in [5, 5.41) is 8.60. The van der Waals surface area contributed by atoms with E-state index in [1.54, 1.807) is 0 Å². The lowest BCUT2D eigenvalue weighted by Gasteiger charge is -2.23. The van der Waals surface area contributed by atoms with Crippen LogP contribution in [0.1, 0.15) is 22.3 Å². The van der Waals surface area contributed by atoms with Crippen molar-refractivity contribution in [1.29, 1.82) is 0 Å². The van der Waals surface area contributed by atoms with Gasteiger partial charge < -0.3 is 10.0 Å². The third-order valence-corrected chi connectivity index (χ3v) is 3.68. The van der Waals surface area contributed by atoms with Crippen molar-refractivity contribution in [2.45, 2.75) is 24.8 Å². The second-order valence-corrected chi connectivity index (χ2v) is 5.23. The highest BCUT2D eigenvalue weighted by atomic mass is 35.5. The van der Waals surface area contributed by atoms with E-state index in [-0.39, 0.29) is 18.5 Å². The zero-order valence-electron chi connectivity index (χ0n) is 10.7. The molecule has 3 nitrogen and oxygen atoms in total. The molecular weight excluding hydrogens is 314 g/mol. The molecule has 1 fully saturated rings. The molecule has 0 saturated carbocycles. The molecule has 1 heterocycles. The first-order valence-corrected chi connectivity index (χ1v) is 6.54. The number of hydrogen-bond donors (Lipinski definition) is 1. The van der Waals surface area contributed by atoms with E-state index >= 15 is 0 Å². The molecule has 0 unspecified atom stereocenters. The van der Waals surface area contributed by atoms with E-state index in [9.17, 15) is 22.4 Å². The Labute approximate surface area is 123 Å². The maximum atomic E-state index is 13.3. The number of alkyl halides is 4. The SMILES string of the molecule is O=C(c1ccc(Cl)c(C(F)(F)F)c1)N1C[C@@H](F)C[C@H]1CO. The number of nitrogens with zero attached hydrogens (tertiary/aromatic N) is 1. The van der Waals surface area contributed by atoms with Crippen molar-refractivity contribution < 1.29 is 27.5 Å². The van der Waals surface area contributed by atoms with E-state index in [0.29, 0.717) is 6.07 Å². The van der Waals surface area contributed by atoms with Gasteiger partial charge >= 0.3 is 6.18 Å². The standard InChI is InChI=1S/C13H12ClF4NO2/c14-11-2-1-7(3-10(11)13(16,17)18)12(21)19-5-8(15)4-9(19)6-20/h1-3,8-9,20H,4-6H2/t8-,9-/m0/s1. The van der Waals surface area contributed by atoms with Gasteiger partial charge in [-0.25, -0.2) is 4.39 Å². The Morgan fingerprint density at radius 2 is 2.10 bits per heavy atom.